The molecule has 0 saturated carbocycles. The SMILES string of the molecule is COC(=O)c1ccc(Cc2cn(S(=O)(=O)c3ccc(C)cc3)c3ccc([N+](=O)[O-])cc23)c(OC)c1. The van der Waals surface area contributed by atoms with Gasteiger partial charge in [0.2, 0.25) is 0 Å². The predicted octanol–water partition coefficient (Wildman–Crippen LogP) is 4.48. The predicted molar refractivity (Wildman–Crippen MR) is 129 cm³/mol. The maximum Gasteiger partial charge on any atom is 0.337 e. The number of nitrogens with zero attached hydrogens (tertiary/aromatic N) is 2. The summed E-state index contributed by atoms with van der Waals surface area (Å²) in [5.74, 6) is -0.119. The quantitative estimate of drug-likeness (QED) is 0.211. The molecule has 0 fully saturated rings. The molecule has 9 nitrogen and oxygen atoms in total. The van der Waals surface area contributed by atoms with Gasteiger partial charge in [0.1, 0.15) is 5.75 Å². The number of ether oxygens (including phenoxy) is 2. The number of aromatic nitrogens is 1. The maximum absolute atomic E-state index is 13.5. The van der Waals surface area contributed by atoms with Crippen molar-refractivity contribution in [1.29, 1.82) is 0 Å². The lowest BCUT2D eigenvalue weighted by Gasteiger charge is -2.10. The number of carbonyl (C=O) groups is 1. The van der Waals surface area contributed by atoms with E-state index in [2.05, 4.69) is 0 Å². The molecule has 0 amide bonds. The van der Waals surface area contributed by atoms with E-state index in [9.17, 15) is 23.3 Å². The topological polar surface area (TPSA) is 118 Å². The lowest BCUT2D eigenvalue weighted by Crippen LogP contribution is -2.11. The molecular formula is C25H22N2O7S. The summed E-state index contributed by atoms with van der Waals surface area (Å²) in [6.07, 6.45) is 1.68. The van der Waals surface area contributed by atoms with Crippen LogP contribution >= 0.6 is 0 Å². The third kappa shape index (κ3) is 4.47. The monoisotopic (exact) mass is 494 g/mol. The average Bonchev–Trinajstić information content (AvgIpc) is 3.22. The van der Waals surface area contributed by atoms with Crippen molar-refractivity contribution in [2.45, 2.75) is 18.2 Å². The van der Waals surface area contributed by atoms with Crippen molar-refractivity contribution in [2.24, 2.45) is 0 Å². The van der Waals surface area contributed by atoms with Crippen molar-refractivity contribution in [2.75, 3.05) is 14.2 Å². The molecule has 0 saturated heterocycles. The molecular weight excluding hydrogens is 472 g/mol. The molecule has 0 spiro atoms. The number of fused-ring (bicyclic) bond motifs is 1. The minimum atomic E-state index is -3.97. The zero-order valence-corrected chi connectivity index (χ0v) is 20.0. The van der Waals surface area contributed by atoms with E-state index < -0.39 is 20.9 Å². The molecule has 0 radical (unpaired) electrons. The number of esters is 1. The molecule has 35 heavy (non-hydrogen) atoms. The van der Waals surface area contributed by atoms with E-state index in [0.29, 0.717) is 33.3 Å². The largest absolute Gasteiger partial charge is 0.496 e. The first-order valence-corrected chi connectivity index (χ1v) is 12.0. The van der Waals surface area contributed by atoms with Gasteiger partial charge in [0.05, 0.1) is 35.1 Å². The van der Waals surface area contributed by atoms with E-state index in [4.69, 9.17) is 9.47 Å². The van der Waals surface area contributed by atoms with Crippen molar-refractivity contribution in [1.82, 2.24) is 3.97 Å². The van der Waals surface area contributed by atoms with Gasteiger partial charge in [0.25, 0.3) is 15.7 Å². The summed E-state index contributed by atoms with van der Waals surface area (Å²) >= 11 is 0. The van der Waals surface area contributed by atoms with Crippen molar-refractivity contribution in [3.8, 4) is 5.75 Å². The lowest BCUT2D eigenvalue weighted by molar-refractivity contribution is -0.384. The molecule has 0 aliphatic carbocycles. The molecule has 1 aromatic heterocycles. The number of non-ortho nitro benzene ring substituents is 1. The zero-order chi connectivity index (χ0) is 25.3. The molecule has 1 heterocycles. The summed E-state index contributed by atoms with van der Waals surface area (Å²) in [4.78, 5) is 22.9. The van der Waals surface area contributed by atoms with Crippen molar-refractivity contribution < 1.29 is 27.6 Å². The molecule has 0 N–H and O–H groups in total. The molecule has 10 heteroatoms. The highest BCUT2D eigenvalue weighted by Gasteiger charge is 2.23. The molecule has 4 rings (SSSR count). The van der Waals surface area contributed by atoms with Crippen LogP contribution in [0.1, 0.15) is 27.0 Å². The third-order valence-electron chi connectivity index (χ3n) is 5.71. The van der Waals surface area contributed by atoms with Gasteiger partial charge in [-0.05, 0) is 48.4 Å². The van der Waals surface area contributed by atoms with Crippen LogP contribution in [-0.2, 0) is 21.2 Å². The van der Waals surface area contributed by atoms with Gasteiger partial charge in [-0.1, -0.05) is 23.8 Å². The molecule has 0 atom stereocenters. The minimum Gasteiger partial charge on any atom is -0.496 e. The Labute approximate surface area is 201 Å². The first kappa shape index (κ1) is 24.0. The van der Waals surface area contributed by atoms with Crippen LogP contribution in [0.5, 0.6) is 5.75 Å². The smallest absolute Gasteiger partial charge is 0.337 e. The van der Waals surface area contributed by atoms with Crippen LogP contribution in [0.25, 0.3) is 10.9 Å². The number of aryl methyl sites for hydroxylation is 1. The second-order valence-electron chi connectivity index (χ2n) is 7.92. The summed E-state index contributed by atoms with van der Waals surface area (Å²) in [5.41, 5.74) is 2.59. The van der Waals surface area contributed by atoms with Crippen molar-refractivity contribution in [3.05, 3.63) is 99.2 Å². The number of nitro groups is 1. The fourth-order valence-electron chi connectivity index (χ4n) is 3.87. The normalized spacial score (nSPS) is 11.4. The fraction of sp³-hybridized carbons (Fsp3) is 0.160. The summed E-state index contributed by atoms with van der Waals surface area (Å²) in [6.45, 7) is 1.86. The van der Waals surface area contributed by atoms with Gasteiger partial charge in [0.15, 0.2) is 0 Å². The van der Waals surface area contributed by atoms with Crippen molar-refractivity contribution in [3.63, 3.8) is 0 Å². The third-order valence-corrected chi connectivity index (χ3v) is 7.40. The number of methoxy groups -OCH3 is 2. The van der Waals surface area contributed by atoms with E-state index in [1.807, 2.05) is 6.92 Å². The van der Waals surface area contributed by atoms with E-state index >= 15 is 0 Å². The van der Waals surface area contributed by atoms with Crippen LogP contribution in [0.15, 0.2) is 71.8 Å². The average molecular weight is 495 g/mol. The van der Waals surface area contributed by atoms with Gasteiger partial charge in [0, 0.05) is 30.1 Å². The molecule has 4 aromatic rings. The molecule has 0 bridgehead atoms. The Kier molecular flexibility index (Phi) is 6.31. The summed E-state index contributed by atoms with van der Waals surface area (Å²) in [5, 5.41) is 11.8. The van der Waals surface area contributed by atoms with E-state index in [0.717, 1.165) is 9.54 Å². The van der Waals surface area contributed by atoms with Crippen LogP contribution in [-0.4, -0.2) is 37.5 Å². The van der Waals surface area contributed by atoms with Gasteiger partial charge in [-0.15, -0.1) is 0 Å². The van der Waals surface area contributed by atoms with Gasteiger partial charge in [-0.2, -0.15) is 0 Å². The van der Waals surface area contributed by atoms with E-state index in [1.165, 1.54) is 56.8 Å². The second kappa shape index (κ2) is 9.22. The van der Waals surface area contributed by atoms with Gasteiger partial charge < -0.3 is 9.47 Å². The highest BCUT2D eigenvalue weighted by Crippen LogP contribution is 2.32. The van der Waals surface area contributed by atoms with Gasteiger partial charge in [-0.3, -0.25) is 10.1 Å². The van der Waals surface area contributed by atoms with Crippen LogP contribution in [0.3, 0.4) is 0 Å². The summed E-state index contributed by atoms with van der Waals surface area (Å²) in [7, 11) is -1.24. The maximum atomic E-state index is 13.5. The molecule has 0 unspecified atom stereocenters. The Balaban J connectivity index is 1.88. The number of hydrogen-bond donors (Lipinski definition) is 0. The minimum absolute atomic E-state index is 0.102. The molecule has 0 aliphatic heterocycles. The Morgan fingerprint density at radius 2 is 1.71 bits per heavy atom. The van der Waals surface area contributed by atoms with Crippen LogP contribution in [0, 0.1) is 17.0 Å². The summed E-state index contributed by atoms with van der Waals surface area (Å²) < 4.78 is 38.3. The van der Waals surface area contributed by atoms with Crippen LogP contribution in [0.2, 0.25) is 0 Å². The van der Waals surface area contributed by atoms with Gasteiger partial charge in [-0.25, -0.2) is 17.2 Å². The lowest BCUT2D eigenvalue weighted by atomic mass is 10.0. The Bertz CT molecular complexity index is 1550. The second-order valence-corrected chi connectivity index (χ2v) is 9.74. The molecule has 180 valence electrons. The van der Waals surface area contributed by atoms with Crippen molar-refractivity contribution >= 4 is 32.6 Å². The number of carbonyl (C=O) groups excluding carboxylic acids is 1. The standard InChI is InChI=1S/C25H22N2O7S/c1-16-4-9-21(10-5-16)35(31,32)26-15-19(22-14-20(27(29)30)8-11-23(22)26)12-17-6-7-18(25(28)34-3)13-24(17)33-2/h4-11,13-15H,12H2,1-3H3. The first-order valence-electron chi connectivity index (χ1n) is 10.5. The molecule has 0 aliphatic rings. The summed E-state index contributed by atoms with van der Waals surface area (Å²) in [6, 6.07) is 15.3. The van der Waals surface area contributed by atoms with Crippen LogP contribution < -0.4 is 4.74 Å². The first-order chi connectivity index (χ1) is 16.6. The Morgan fingerprint density at radius 3 is 2.34 bits per heavy atom. The highest BCUT2D eigenvalue weighted by molar-refractivity contribution is 7.90. The Hall–Kier alpha value is -4.18. The highest BCUT2D eigenvalue weighted by atomic mass is 32.2. The van der Waals surface area contributed by atoms with E-state index in [1.54, 1.807) is 24.3 Å². The number of benzene rings is 3. The van der Waals surface area contributed by atoms with Gasteiger partial charge >= 0.3 is 5.97 Å². The number of hydrogen-bond acceptors (Lipinski definition) is 7. The Morgan fingerprint density at radius 1 is 1.00 bits per heavy atom. The molecule has 3 aromatic carbocycles. The number of nitro benzene ring substituents is 1. The van der Waals surface area contributed by atoms with E-state index in [-0.39, 0.29) is 17.0 Å². The van der Waals surface area contributed by atoms with Crippen LogP contribution in [0.4, 0.5) is 5.69 Å². The fourth-order valence-corrected chi connectivity index (χ4v) is 5.26. The number of rotatable bonds is 7. The zero-order valence-electron chi connectivity index (χ0n) is 19.2.